The third-order valence-corrected chi connectivity index (χ3v) is 3.39. The van der Waals surface area contributed by atoms with E-state index in [9.17, 15) is 9.90 Å². The van der Waals surface area contributed by atoms with E-state index in [-0.39, 0.29) is 0 Å². The fourth-order valence-corrected chi connectivity index (χ4v) is 2.24. The molecule has 5 nitrogen and oxygen atoms in total. The van der Waals surface area contributed by atoms with Gasteiger partial charge in [-0.3, -0.25) is 0 Å². The van der Waals surface area contributed by atoms with Crippen LogP contribution in [0.5, 0.6) is 0 Å². The molecule has 19 heavy (non-hydrogen) atoms. The maximum absolute atomic E-state index is 11.1. The predicted octanol–water partition coefficient (Wildman–Crippen LogP) is 0.913. The van der Waals surface area contributed by atoms with Crippen molar-refractivity contribution in [2.24, 2.45) is 0 Å². The zero-order valence-corrected chi connectivity index (χ0v) is 11.3. The van der Waals surface area contributed by atoms with Gasteiger partial charge in [0.15, 0.2) is 0 Å². The van der Waals surface area contributed by atoms with Gasteiger partial charge in [0.1, 0.15) is 12.1 Å². The van der Waals surface area contributed by atoms with Gasteiger partial charge in [-0.1, -0.05) is 12.1 Å². The molecule has 0 radical (unpaired) electrons. The highest BCUT2D eigenvalue weighted by Gasteiger charge is 2.12. The Balaban J connectivity index is 2.26. The topological polar surface area (TPSA) is 77.9 Å². The molecule has 1 heterocycles. The number of aliphatic carboxylic acids is 1. The second-order valence-corrected chi connectivity index (χ2v) is 5.02. The molecule has 0 aliphatic carbocycles. The Labute approximate surface area is 115 Å². The summed E-state index contributed by atoms with van der Waals surface area (Å²) in [6.07, 6.45) is 3.85. The second kappa shape index (κ2) is 6.38. The summed E-state index contributed by atoms with van der Waals surface area (Å²) < 4.78 is 0. The van der Waals surface area contributed by atoms with Gasteiger partial charge in [0.25, 0.3) is 0 Å². The lowest BCUT2D eigenvalue weighted by Gasteiger charge is -2.20. The predicted molar refractivity (Wildman–Crippen MR) is 75.0 cm³/mol. The van der Waals surface area contributed by atoms with Gasteiger partial charge in [0, 0.05) is 5.39 Å². The number of carboxylic acid groups (broad SMARTS) is 1. The highest BCUT2D eigenvalue weighted by Crippen LogP contribution is 2.19. The molecule has 2 rings (SSSR count). The summed E-state index contributed by atoms with van der Waals surface area (Å²) in [7, 11) is 0. The maximum atomic E-state index is 11.1. The lowest BCUT2D eigenvalue weighted by Crippen LogP contribution is -2.41. The molecule has 1 unspecified atom stereocenters. The number of rotatable bonds is 6. The quantitative estimate of drug-likeness (QED) is 0.845. The molecule has 0 aliphatic heterocycles. The van der Waals surface area contributed by atoms with Crippen molar-refractivity contribution in [2.45, 2.75) is 12.5 Å². The fraction of sp³-hybridized carbons (Fsp3) is 0.308. The van der Waals surface area contributed by atoms with Gasteiger partial charge in [0.2, 0.25) is 0 Å². The number of benzene rings is 1. The average Bonchev–Trinajstić information content (AvgIpc) is 2.43. The van der Waals surface area contributed by atoms with Crippen molar-refractivity contribution < 1.29 is 9.90 Å². The minimum absolute atomic E-state index is 0.488. The number of thioether (sulfide) groups is 1. The SMILES string of the molecule is CSCCC(Nc1ncnc2ccccc12)C(=O)[O-]. The summed E-state index contributed by atoms with van der Waals surface area (Å²) >= 11 is 1.60. The van der Waals surface area contributed by atoms with Crippen molar-refractivity contribution in [1.29, 1.82) is 0 Å². The lowest BCUT2D eigenvalue weighted by molar-refractivity contribution is -0.306. The standard InChI is InChI=1S/C13H15N3O2S/c1-19-7-6-11(13(17)18)16-12-9-4-2-3-5-10(9)14-8-15-12/h2-5,8,11H,6-7H2,1H3,(H,17,18)(H,14,15,16)/p-1. The molecule has 0 fully saturated rings. The number of nitrogens with zero attached hydrogens (tertiary/aromatic N) is 2. The first-order chi connectivity index (χ1) is 9.22. The molecule has 0 saturated heterocycles. The lowest BCUT2D eigenvalue weighted by atomic mass is 10.2. The summed E-state index contributed by atoms with van der Waals surface area (Å²) in [6.45, 7) is 0. The molecule has 1 aromatic carbocycles. The molecule has 2 aromatic rings. The molecular formula is C13H14N3O2S-. The van der Waals surface area contributed by atoms with Crippen molar-refractivity contribution >= 4 is 34.5 Å². The van der Waals surface area contributed by atoms with Crippen molar-refractivity contribution in [3.05, 3.63) is 30.6 Å². The Hall–Kier alpha value is -1.82. The summed E-state index contributed by atoms with van der Waals surface area (Å²) in [5, 5.41) is 14.9. The van der Waals surface area contributed by atoms with Crippen LogP contribution in [-0.2, 0) is 4.79 Å². The largest absolute Gasteiger partial charge is 0.548 e. The van der Waals surface area contributed by atoms with E-state index in [0.29, 0.717) is 12.2 Å². The number of hydrogen-bond acceptors (Lipinski definition) is 6. The molecule has 1 aromatic heterocycles. The molecule has 6 heteroatoms. The van der Waals surface area contributed by atoms with E-state index in [2.05, 4.69) is 15.3 Å². The molecule has 100 valence electrons. The van der Waals surface area contributed by atoms with E-state index >= 15 is 0 Å². The summed E-state index contributed by atoms with van der Waals surface area (Å²) in [4.78, 5) is 19.4. The van der Waals surface area contributed by atoms with Crippen LogP contribution in [0.3, 0.4) is 0 Å². The number of nitrogens with one attached hydrogen (secondary N) is 1. The number of aromatic nitrogens is 2. The first kappa shape index (κ1) is 13.6. The second-order valence-electron chi connectivity index (χ2n) is 4.04. The minimum atomic E-state index is -1.11. The average molecular weight is 276 g/mol. The highest BCUT2D eigenvalue weighted by atomic mass is 32.2. The van der Waals surface area contributed by atoms with Gasteiger partial charge < -0.3 is 15.2 Å². The van der Waals surface area contributed by atoms with Gasteiger partial charge in [0.05, 0.1) is 17.5 Å². The smallest absolute Gasteiger partial charge is 0.137 e. The third kappa shape index (κ3) is 3.35. The molecule has 0 spiro atoms. The number of hydrogen-bond donors (Lipinski definition) is 1. The number of carbonyl (C=O) groups is 1. The first-order valence-electron chi connectivity index (χ1n) is 5.88. The van der Waals surface area contributed by atoms with Crippen molar-refractivity contribution in [2.75, 3.05) is 17.3 Å². The summed E-state index contributed by atoms with van der Waals surface area (Å²) in [5.74, 6) is 0.159. The summed E-state index contributed by atoms with van der Waals surface area (Å²) in [6, 6.07) is 6.72. The van der Waals surface area contributed by atoms with Crippen molar-refractivity contribution in [3.8, 4) is 0 Å². The molecular weight excluding hydrogens is 262 g/mol. The molecule has 1 N–H and O–H groups in total. The van der Waals surface area contributed by atoms with Crippen LogP contribution in [0.4, 0.5) is 5.82 Å². The fourth-order valence-electron chi connectivity index (χ4n) is 1.77. The van der Waals surface area contributed by atoms with E-state index in [0.717, 1.165) is 16.7 Å². The third-order valence-electron chi connectivity index (χ3n) is 2.75. The van der Waals surface area contributed by atoms with Crippen LogP contribution in [0.15, 0.2) is 30.6 Å². The van der Waals surface area contributed by atoms with Gasteiger partial charge in [-0.15, -0.1) is 0 Å². The van der Waals surface area contributed by atoms with E-state index in [4.69, 9.17) is 0 Å². The van der Waals surface area contributed by atoms with Gasteiger partial charge in [-0.25, -0.2) is 9.97 Å². The van der Waals surface area contributed by atoms with Gasteiger partial charge in [-0.05, 0) is 30.6 Å². The Morgan fingerprint density at radius 3 is 2.95 bits per heavy atom. The monoisotopic (exact) mass is 276 g/mol. The van der Waals surface area contributed by atoms with E-state index in [1.807, 2.05) is 30.5 Å². The van der Waals surface area contributed by atoms with Crippen LogP contribution in [0.2, 0.25) is 0 Å². The van der Waals surface area contributed by atoms with Gasteiger partial charge in [-0.2, -0.15) is 11.8 Å². The number of carbonyl (C=O) groups excluding carboxylic acids is 1. The Morgan fingerprint density at radius 2 is 2.21 bits per heavy atom. The molecule has 1 atom stereocenters. The van der Waals surface area contributed by atoms with Crippen LogP contribution >= 0.6 is 11.8 Å². The van der Waals surface area contributed by atoms with Gasteiger partial charge >= 0.3 is 0 Å². The van der Waals surface area contributed by atoms with Crippen molar-refractivity contribution in [3.63, 3.8) is 0 Å². The number of fused-ring (bicyclic) bond motifs is 1. The van der Waals surface area contributed by atoms with E-state index < -0.39 is 12.0 Å². The Kier molecular flexibility index (Phi) is 4.57. The maximum Gasteiger partial charge on any atom is 0.137 e. The van der Waals surface area contributed by atoms with Crippen LogP contribution in [0.25, 0.3) is 10.9 Å². The van der Waals surface area contributed by atoms with E-state index in [1.165, 1.54) is 6.33 Å². The minimum Gasteiger partial charge on any atom is -0.548 e. The normalized spacial score (nSPS) is 12.3. The zero-order valence-electron chi connectivity index (χ0n) is 10.5. The van der Waals surface area contributed by atoms with Crippen LogP contribution in [-0.4, -0.2) is 34.0 Å². The van der Waals surface area contributed by atoms with Crippen LogP contribution in [0, 0.1) is 0 Å². The Bertz CT molecular complexity index is 571. The van der Waals surface area contributed by atoms with Crippen molar-refractivity contribution in [1.82, 2.24) is 9.97 Å². The zero-order chi connectivity index (χ0) is 13.7. The van der Waals surface area contributed by atoms with E-state index in [1.54, 1.807) is 11.8 Å². The number of anilines is 1. The number of carboxylic acids is 1. The molecule has 0 saturated carbocycles. The van der Waals surface area contributed by atoms with Crippen LogP contribution < -0.4 is 10.4 Å². The highest BCUT2D eigenvalue weighted by molar-refractivity contribution is 7.98. The number of para-hydroxylation sites is 1. The van der Waals surface area contributed by atoms with Crippen LogP contribution in [0.1, 0.15) is 6.42 Å². The molecule has 0 bridgehead atoms. The first-order valence-corrected chi connectivity index (χ1v) is 7.28. The molecule has 0 aliphatic rings. The Morgan fingerprint density at radius 1 is 1.42 bits per heavy atom. The molecule has 0 amide bonds. The summed E-state index contributed by atoms with van der Waals surface area (Å²) in [5.41, 5.74) is 0.780.